The largest absolute Gasteiger partial charge is 0.508 e. The van der Waals surface area contributed by atoms with Gasteiger partial charge in [-0.15, -0.1) is 0 Å². The molecule has 0 aliphatic carbocycles. The molecule has 0 spiro atoms. The van der Waals surface area contributed by atoms with E-state index in [1.807, 2.05) is 4.90 Å². The summed E-state index contributed by atoms with van der Waals surface area (Å²) >= 11 is 3.64. The highest BCUT2D eigenvalue weighted by molar-refractivity contribution is 9.09. The van der Waals surface area contributed by atoms with Crippen LogP contribution in [0.1, 0.15) is 29.3 Å². The van der Waals surface area contributed by atoms with Crippen LogP contribution in [0, 0.1) is 12.8 Å². The van der Waals surface area contributed by atoms with Crippen molar-refractivity contribution in [2.45, 2.75) is 25.1 Å². The molecule has 0 aromatic heterocycles. The lowest BCUT2D eigenvalue weighted by atomic mass is 9.99. The van der Waals surface area contributed by atoms with Gasteiger partial charge in [-0.2, -0.15) is 0 Å². The number of amides is 1. The predicted molar refractivity (Wildman–Crippen MR) is 75.2 cm³/mol. The van der Waals surface area contributed by atoms with Gasteiger partial charge in [-0.1, -0.05) is 22.9 Å². The quantitative estimate of drug-likeness (QED) is 0.810. The van der Waals surface area contributed by atoms with E-state index in [1.165, 1.54) is 0 Å². The van der Waals surface area contributed by atoms with Crippen molar-refractivity contribution in [2.75, 3.05) is 13.1 Å². The van der Waals surface area contributed by atoms with E-state index in [4.69, 9.17) is 0 Å². The zero-order valence-corrected chi connectivity index (χ0v) is 12.3. The molecule has 1 aromatic carbocycles. The van der Waals surface area contributed by atoms with E-state index in [2.05, 4.69) is 22.9 Å². The Kier molecular flexibility index (Phi) is 3.95. The van der Waals surface area contributed by atoms with Crippen molar-refractivity contribution in [2.24, 2.45) is 5.92 Å². The molecule has 0 bridgehead atoms. The average molecular weight is 312 g/mol. The number of piperidine rings is 1. The van der Waals surface area contributed by atoms with Gasteiger partial charge in [-0.3, -0.25) is 4.79 Å². The normalized spacial score (nSPS) is 24.1. The van der Waals surface area contributed by atoms with Crippen LogP contribution in [0.25, 0.3) is 0 Å². The van der Waals surface area contributed by atoms with Gasteiger partial charge in [-0.25, -0.2) is 0 Å². The Hall–Kier alpha value is -1.03. The third-order valence-electron chi connectivity index (χ3n) is 3.53. The Balaban J connectivity index is 2.14. The van der Waals surface area contributed by atoms with Crippen LogP contribution < -0.4 is 0 Å². The summed E-state index contributed by atoms with van der Waals surface area (Å²) in [5.41, 5.74) is 1.40. The lowest BCUT2D eigenvalue weighted by molar-refractivity contribution is 0.0690. The molecule has 2 unspecified atom stereocenters. The first kappa shape index (κ1) is 13.4. The third-order valence-corrected chi connectivity index (χ3v) is 4.89. The number of carbonyl (C=O) groups is 1. The summed E-state index contributed by atoms with van der Waals surface area (Å²) in [6, 6.07) is 5.03. The summed E-state index contributed by atoms with van der Waals surface area (Å²) in [6.45, 7) is 5.54. The minimum atomic E-state index is 0.0596. The summed E-state index contributed by atoms with van der Waals surface area (Å²) < 4.78 is 0. The van der Waals surface area contributed by atoms with Gasteiger partial charge >= 0.3 is 0 Å². The molecule has 0 saturated carbocycles. The van der Waals surface area contributed by atoms with Crippen molar-refractivity contribution in [3.63, 3.8) is 0 Å². The first-order chi connectivity index (χ1) is 8.49. The van der Waals surface area contributed by atoms with E-state index >= 15 is 0 Å². The number of aromatic hydroxyl groups is 1. The number of aryl methyl sites for hydroxylation is 1. The number of benzene rings is 1. The number of hydrogen-bond acceptors (Lipinski definition) is 2. The van der Waals surface area contributed by atoms with Crippen molar-refractivity contribution in [1.82, 2.24) is 4.90 Å². The molecule has 18 heavy (non-hydrogen) atoms. The molecule has 1 amide bonds. The number of hydrogen-bond donors (Lipinski definition) is 1. The van der Waals surface area contributed by atoms with Crippen LogP contribution in [0.15, 0.2) is 18.2 Å². The van der Waals surface area contributed by atoms with E-state index in [0.29, 0.717) is 16.3 Å². The molecule has 3 nitrogen and oxygen atoms in total. The second-order valence-electron chi connectivity index (χ2n) is 5.03. The molecule has 2 rings (SSSR count). The number of alkyl halides is 1. The van der Waals surface area contributed by atoms with Crippen LogP contribution in [0.5, 0.6) is 5.75 Å². The van der Waals surface area contributed by atoms with Crippen molar-refractivity contribution < 1.29 is 9.90 Å². The highest BCUT2D eigenvalue weighted by Gasteiger charge is 2.27. The van der Waals surface area contributed by atoms with Gasteiger partial charge in [0.2, 0.25) is 0 Å². The highest BCUT2D eigenvalue weighted by atomic mass is 79.9. The lowest BCUT2D eigenvalue weighted by Gasteiger charge is -2.34. The fraction of sp³-hybridized carbons (Fsp3) is 0.500. The van der Waals surface area contributed by atoms with Gasteiger partial charge in [0.15, 0.2) is 0 Å². The SMILES string of the molecule is Cc1cc(C(=O)N2CCC(Br)C(C)C2)ccc1O. The Bertz CT molecular complexity index is 461. The maximum atomic E-state index is 12.3. The Morgan fingerprint density at radius 2 is 2.22 bits per heavy atom. The molecule has 1 aliphatic heterocycles. The first-order valence-electron chi connectivity index (χ1n) is 6.22. The molecule has 1 aromatic rings. The van der Waals surface area contributed by atoms with Crippen LogP contribution in [-0.4, -0.2) is 33.8 Å². The third kappa shape index (κ3) is 2.69. The summed E-state index contributed by atoms with van der Waals surface area (Å²) in [6.07, 6.45) is 0.990. The first-order valence-corrected chi connectivity index (χ1v) is 7.13. The van der Waals surface area contributed by atoms with Crippen molar-refractivity contribution in [3.05, 3.63) is 29.3 Å². The second-order valence-corrected chi connectivity index (χ2v) is 6.21. The molecular formula is C14H18BrNO2. The Labute approximate surface area is 116 Å². The fourth-order valence-corrected chi connectivity index (χ4v) is 2.64. The molecule has 1 aliphatic rings. The van der Waals surface area contributed by atoms with Crippen LogP contribution in [0.2, 0.25) is 0 Å². The molecule has 98 valence electrons. The lowest BCUT2D eigenvalue weighted by Crippen LogP contribution is -2.43. The van der Waals surface area contributed by atoms with Crippen LogP contribution in [0.4, 0.5) is 0 Å². The summed E-state index contributed by atoms with van der Waals surface area (Å²) in [5, 5.41) is 9.48. The minimum Gasteiger partial charge on any atom is -0.508 e. The number of halogens is 1. The van der Waals surface area contributed by atoms with Crippen LogP contribution >= 0.6 is 15.9 Å². The van der Waals surface area contributed by atoms with Gasteiger partial charge in [0.05, 0.1) is 0 Å². The highest BCUT2D eigenvalue weighted by Crippen LogP contribution is 2.25. The number of nitrogens with zero attached hydrogens (tertiary/aromatic N) is 1. The monoisotopic (exact) mass is 311 g/mol. The number of phenols is 1. The predicted octanol–water partition coefficient (Wildman–Crippen LogP) is 2.95. The number of rotatable bonds is 1. The van der Waals surface area contributed by atoms with E-state index in [9.17, 15) is 9.90 Å². The van der Waals surface area contributed by atoms with Gasteiger partial charge in [0.1, 0.15) is 5.75 Å². The topological polar surface area (TPSA) is 40.5 Å². The maximum absolute atomic E-state index is 12.3. The molecule has 1 heterocycles. The average Bonchev–Trinajstić information content (AvgIpc) is 2.35. The van der Waals surface area contributed by atoms with Crippen LogP contribution in [-0.2, 0) is 0 Å². The molecule has 4 heteroatoms. The standard InChI is InChI=1S/C14H18BrNO2/c1-9-7-11(3-4-13(9)17)14(18)16-6-5-12(15)10(2)8-16/h3-4,7,10,12,17H,5-6,8H2,1-2H3. The number of carbonyl (C=O) groups excluding carboxylic acids is 1. The summed E-state index contributed by atoms with van der Waals surface area (Å²) in [5.74, 6) is 0.768. The molecule has 2 atom stereocenters. The van der Waals surface area contributed by atoms with Gasteiger partial charge in [-0.05, 0) is 43.0 Å². The van der Waals surface area contributed by atoms with E-state index in [-0.39, 0.29) is 11.7 Å². The minimum absolute atomic E-state index is 0.0596. The van der Waals surface area contributed by atoms with E-state index in [0.717, 1.165) is 25.1 Å². The summed E-state index contributed by atoms with van der Waals surface area (Å²) in [4.78, 5) is 14.7. The maximum Gasteiger partial charge on any atom is 0.253 e. The Morgan fingerprint density at radius 1 is 1.50 bits per heavy atom. The van der Waals surface area contributed by atoms with Crippen LogP contribution in [0.3, 0.4) is 0 Å². The van der Waals surface area contributed by atoms with Crippen molar-refractivity contribution >= 4 is 21.8 Å². The zero-order chi connectivity index (χ0) is 13.3. The fourth-order valence-electron chi connectivity index (χ4n) is 2.27. The van der Waals surface area contributed by atoms with Gasteiger partial charge in [0.25, 0.3) is 5.91 Å². The zero-order valence-electron chi connectivity index (χ0n) is 10.7. The van der Waals surface area contributed by atoms with E-state index in [1.54, 1.807) is 25.1 Å². The van der Waals surface area contributed by atoms with E-state index < -0.39 is 0 Å². The molecular weight excluding hydrogens is 294 g/mol. The van der Waals surface area contributed by atoms with Crippen molar-refractivity contribution in [3.8, 4) is 5.75 Å². The molecule has 1 saturated heterocycles. The molecule has 1 fully saturated rings. The van der Waals surface area contributed by atoms with Crippen molar-refractivity contribution in [1.29, 1.82) is 0 Å². The van der Waals surface area contributed by atoms with Gasteiger partial charge < -0.3 is 10.0 Å². The smallest absolute Gasteiger partial charge is 0.253 e. The number of phenolic OH excluding ortho intramolecular Hbond substituents is 1. The second kappa shape index (κ2) is 5.31. The summed E-state index contributed by atoms with van der Waals surface area (Å²) in [7, 11) is 0. The molecule has 1 N–H and O–H groups in total. The van der Waals surface area contributed by atoms with Gasteiger partial charge in [0, 0.05) is 23.5 Å². The Morgan fingerprint density at radius 3 is 2.83 bits per heavy atom. The molecule has 0 radical (unpaired) electrons. The number of likely N-dealkylation sites (tertiary alicyclic amines) is 1.